The lowest BCUT2D eigenvalue weighted by Crippen LogP contribution is -2.06. The van der Waals surface area contributed by atoms with Crippen molar-refractivity contribution in [1.29, 1.82) is 0 Å². The summed E-state index contributed by atoms with van der Waals surface area (Å²) in [5.74, 6) is -0.236. The Morgan fingerprint density at radius 1 is 1.63 bits per heavy atom. The third-order valence-electron chi connectivity index (χ3n) is 2.07. The first-order valence-corrected chi connectivity index (χ1v) is 7.40. The minimum atomic E-state index is -0.236. The Morgan fingerprint density at radius 3 is 3.26 bits per heavy atom. The lowest BCUT2D eigenvalue weighted by Gasteiger charge is -1.97. The highest BCUT2D eigenvalue weighted by atomic mass is 32.1. The SMILES string of the molecule is CCOC(=O)Cc1cnc(N/N=C/c2cccs2)s1. The number of nitrogens with zero attached hydrogens (tertiary/aromatic N) is 2. The van der Waals surface area contributed by atoms with Gasteiger partial charge in [-0.3, -0.25) is 10.2 Å². The van der Waals surface area contributed by atoms with Crippen molar-refractivity contribution >= 4 is 40.0 Å². The minimum absolute atomic E-state index is 0.236. The van der Waals surface area contributed by atoms with E-state index >= 15 is 0 Å². The van der Waals surface area contributed by atoms with Crippen molar-refractivity contribution < 1.29 is 9.53 Å². The van der Waals surface area contributed by atoms with Gasteiger partial charge in [0.2, 0.25) is 5.13 Å². The number of nitrogens with one attached hydrogen (secondary N) is 1. The van der Waals surface area contributed by atoms with Crippen LogP contribution in [0.2, 0.25) is 0 Å². The number of aromatic nitrogens is 1. The Morgan fingerprint density at radius 2 is 2.53 bits per heavy atom. The molecule has 19 heavy (non-hydrogen) atoms. The smallest absolute Gasteiger partial charge is 0.311 e. The summed E-state index contributed by atoms with van der Waals surface area (Å²) in [4.78, 5) is 17.4. The highest BCUT2D eigenvalue weighted by Crippen LogP contribution is 2.18. The normalized spacial score (nSPS) is 10.8. The second-order valence-electron chi connectivity index (χ2n) is 3.50. The zero-order chi connectivity index (χ0) is 13.5. The van der Waals surface area contributed by atoms with Gasteiger partial charge in [-0.15, -0.1) is 11.3 Å². The van der Waals surface area contributed by atoms with Crippen molar-refractivity contribution in [1.82, 2.24) is 4.98 Å². The van der Waals surface area contributed by atoms with Gasteiger partial charge in [0.15, 0.2) is 0 Å². The summed E-state index contributed by atoms with van der Waals surface area (Å²) < 4.78 is 4.88. The summed E-state index contributed by atoms with van der Waals surface area (Å²) in [5.41, 5.74) is 2.84. The molecule has 0 atom stereocenters. The minimum Gasteiger partial charge on any atom is -0.466 e. The van der Waals surface area contributed by atoms with E-state index in [9.17, 15) is 4.79 Å². The molecule has 0 spiro atoms. The summed E-state index contributed by atoms with van der Waals surface area (Å²) in [5, 5.41) is 6.73. The Bertz CT molecular complexity index is 549. The summed E-state index contributed by atoms with van der Waals surface area (Å²) >= 11 is 3.00. The van der Waals surface area contributed by atoms with Crippen LogP contribution in [-0.4, -0.2) is 23.8 Å². The van der Waals surface area contributed by atoms with E-state index in [1.165, 1.54) is 11.3 Å². The molecule has 0 amide bonds. The van der Waals surface area contributed by atoms with Gasteiger partial charge < -0.3 is 4.74 Å². The number of esters is 1. The van der Waals surface area contributed by atoms with Crippen molar-refractivity contribution in [3.8, 4) is 0 Å². The van der Waals surface area contributed by atoms with Gasteiger partial charge in [-0.25, -0.2) is 4.98 Å². The molecule has 0 fully saturated rings. The van der Waals surface area contributed by atoms with Gasteiger partial charge >= 0.3 is 5.97 Å². The Hall–Kier alpha value is -1.73. The molecule has 0 bridgehead atoms. The highest BCUT2D eigenvalue weighted by Gasteiger charge is 2.07. The number of ether oxygens (including phenoxy) is 1. The Balaban J connectivity index is 1.85. The maximum absolute atomic E-state index is 11.3. The van der Waals surface area contributed by atoms with Gasteiger partial charge in [-0.05, 0) is 18.4 Å². The van der Waals surface area contributed by atoms with Gasteiger partial charge in [0.25, 0.3) is 0 Å². The molecule has 2 rings (SSSR count). The van der Waals surface area contributed by atoms with Crippen LogP contribution in [0.1, 0.15) is 16.7 Å². The van der Waals surface area contributed by atoms with Crippen LogP contribution in [-0.2, 0) is 16.0 Å². The number of carbonyl (C=O) groups excluding carboxylic acids is 1. The Kier molecular flexibility index (Phi) is 5.05. The molecule has 0 aliphatic carbocycles. The average molecular weight is 295 g/mol. The van der Waals surface area contributed by atoms with Gasteiger partial charge in [0.05, 0.1) is 19.2 Å². The summed E-state index contributed by atoms with van der Waals surface area (Å²) in [6.45, 7) is 2.19. The fourth-order valence-corrected chi connectivity index (χ4v) is 2.64. The third-order valence-corrected chi connectivity index (χ3v) is 3.78. The van der Waals surface area contributed by atoms with Crippen LogP contribution in [0, 0.1) is 0 Å². The van der Waals surface area contributed by atoms with Crippen LogP contribution in [0.25, 0.3) is 0 Å². The van der Waals surface area contributed by atoms with Crippen LogP contribution in [0.5, 0.6) is 0 Å². The van der Waals surface area contributed by atoms with E-state index in [0.29, 0.717) is 11.7 Å². The first-order valence-electron chi connectivity index (χ1n) is 5.71. The fraction of sp³-hybridized carbons (Fsp3) is 0.250. The van der Waals surface area contributed by atoms with Crippen molar-refractivity contribution in [2.45, 2.75) is 13.3 Å². The van der Waals surface area contributed by atoms with Gasteiger partial charge in [0.1, 0.15) is 0 Å². The molecule has 0 aromatic carbocycles. The fourth-order valence-electron chi connectivity index (χ4n) is 1.31. The zero-order valence-electron chi connectivity index (χ0n) is 10.3. The maximum atomic E-state index is 11.3. The predicted molar refractivity (Wildman–Crippen MR) is 78.0 cm³/mol. The van der Waals surface area contributed by atoms with Crippen LogP contribution in [0.3, 0.4) is 0 Å². The second-order valence-corrected chi connectivity index (χ2v) is 5.59. The lowest BCUT2D eigenvalue weighted by molar-refractivity contribution is -0.142. The first kappa shape index (κ1) is 13.7. The number of hydrogen-bond donors (Lipinski definition) is 1. The van der Waals surface area contributed by atoms with Crippen LogP contribution in [0.4, 0.5) is 5.13 Å². The summed E-state index contributed by atoms with van der Waals surface area (Å²) in [6.07, 6.45) is 3.64. The summed E-state index contributed by atoms with van der Waals surface area (Å²) in [6, 6.07) is 3.94. The molecule has 0 radical (unpaired) electrons. The van der Waals surface area contributed by atoms with E-state index in [-0.39, 0.29) is 12.4 Å². The molecular formula is C12H13N3O2S2. The van der Waals surface area contributed by atoms with E-state index in [4.69, 9.17) is 4.74 Å². The van der Waals surface area contributed by atoms with Crippen molar-refractivity contribution in [3.05, 3.63) is 33.5 Å². The molecule has 7 heteroatoms. The number of hydrazone groups is 1. The molecule has 100 valence electrons. The van der Waals surface area contributed by atoms with Crippen LogP contribution in [0.15, 0.2) is 28.8 Å². The Labute approximate surface area is 119 Å². The van der Waals surface area contributed by atoms with Crippen LogP contribution < -0.4 is 5.43 Å². The highest BCUT2D eigenvalue weighted by molar-refractivity contribution is 7.15. The number of anilines is 1. The summed E-state index contributed by atoms with van der Waals surface area (Å²) in [7, 11) is 0. The molecule has 2 aromatic heterocycles. The molecular weight excluding hydrogens is 282 g/mol. The van der Waals surface area contributed by atoms with Gasteiger partial charge in [-0.2, -0.15) is 5.10 Å². The monoisotopic (exact) mass is 295 g/mol. The number of hydrogen-bond acceptors (Lipinski definition) is 7. The average Bonchev–Trinajstić information content (AvgIpc) is 3.01. The van der Waals surface area contributed by atoms with Crippen molar-refractivity contribution in [2.24, 2.45) is 5.10 Å². The molecule has 0 saturated carbocycles. The standard InChI is InChI=1S/C12H13N3O2S2/c1-2-17-11(16)6-10-7-13-12(19-10)15-14-8-9-4-3-5-18-9/h3-5,7-8H,2,6H2,1H3,(H,13,15)/b14-8+. The van der Waals surface area contributed by atoms with Crippen LogP contribution >= 0.6 is 22.7 Å². The number of rotatable bonds is 6. The van der Waals surface area contributed by atoms with Gasteiger partial charge in [0, 0.05) is 16.0 Å². The second kappa shape index (κ2) is 7.01. The molecule has 5 nitrogen and oxygen atoms in total. The van der Waals surface area contributed by atoms with E-state index < -0.39 is 0 Å². The lowest BCUT2D eigenvalue weighted by atomic mass is 10.4. The molecule has 0 saturated heterocycles. The molecule has 0 unspecified atom stereocenters. The van der Waals surface area contributed by atoms with Gasteiger partial charge in [-0.1, -0.05) is 17.4 Å². The molecule has 2 aromatic rings. The number of carbonyl (C=O) groups is 1. The molecule has 0 aliphatic heterocycles. The van der Waals surface area contributed by atoms with E-state index in [2.05, 4.69) is 15.5 Å². The zero-order valence-corrected chi connectivity index (χ0v) is 12.0. The van der Waals surface area contributed by atoms with E-state index in [1.807, 2.05) is 17.5 Å². The molecule has 2 heterocycles. The largest absolute Gasteiger partial charge is 0.466 e. The molecule has 0 aliphatic rings. The van der Waals surface area contributed by atoms with Crippen molar-refractivity contribution in [2.75, 3.05) is 12.0 Å². The van der Waals surface area contributed by atoms with E-state index in [1.54, 1.807) is 30.7 Å². The predicted octanol–water partition coefficient (Wildman–Crippen LogP) is 2.76. The number of thiazole rings is 1. The maximum Gasteiger partial charge on any atom is 0.311 e. The topological polar surface area (TPSA) is 63.6 Å². The quantitative estimate of drug-likeness (QED) is 0.505. The van der Waals surface area contributed by atoms with Crippen molar-refractivity contribution in [3.63, 3.8) is 0 Å². The van der Waals surface area contributed by atoms with E-state index in [0.717, 1.165) is 9.75 Å². The first-order chi connectivity index (χ1) is 9.28. The molecule has 1 N–H and O–H groups in total. The number of thiophene rings is 1. The third kappa shape index (κ3) is 4.46.